The Labute approximate surface area is 55.0 Å². The fourth-order valence-electron chi connectivity index (χ4n) is 0.253. The summed E-state index contributed by atoms with van der Waals surface area (Å²) in [4.78, 5) is 7.44. The molecule has 0 amide bonds. The van der Waals surface area contributed by atoms with Gasteiger partial charge in [-0.25, -0.2) is 0 Å². The lowest BCUT2D eigenvalue weighted by Crippen LogP contribution is -1.66. The minimum Gasteiger partial charge on any atom is -0.262 e. The van der Waals surface area contributed by atoms with Crippen molar-refractivity contribution in [2.75, 3.05) is 0 Å². The molecule has 2 nitrogen and oxygen atoms in total. The third-order valence-corrected chi connectivity index (χ3v) is 0.831. The van der Waals surface area contributed by atoms with Crippen LogP contribution in [-0.2, 0) is 0 Å². The first-order chi connectivity index (χ1) is 4.50. The molecular weight excluding hydrogens is 112 g/mol. The van der Waals surface area contributed by atoms with Gasteiger partial charge in [-0.2, -0.15) is 0 Å². The summed E-state index contributed by atoms with van der Waals surface area (Å²) in [6.07, 6.45) is 11.1. The molecule has 0 bridgehead atoms. The second-order valence-electron chi connectivity index (χ2n) is 1.96. The molecule has 1 heterocycles. The summed E-state index contributed by atoms with van der Waals surface area (Å²) in [5.74, 6) is 0. The summed E-state index contributed by atoms with van der Waals surface area (Å²) in [5.41, 5.74) is 0. The molecule has 9 heavy (non-hydrogen) atoms. The van der Waals surface area contributed by atoms with Crippen molar-refractivity contribution < 1.29 is 0 Å². The van der Waals surface area contributed by atoms with Crippen LogP contribution in [0.4, 0.5) is 0 Å². The number of rotatable bonds is 0. The summed E-state index contributed by atoms with van der Waals surface area (Å²) >= 11 is 0. The van der Waals surface area contributed by atoms with Crippen molar-refractivity contribution in [2.24, 2.45) is 0 Å². The smallest absolute Gasteiger partial charge is 0.0451 e. The Balaban J connectivity index is 0.000000112. The highest BCUT2D eigenvalue weighted by molar-refractivity contribution is 4.70. The lowest BCUT2D eigenvalue weighted by molar-refractivity contribution is 1.20. The van der Waals surface area contributed by atoms with Crippen molar-refractivity contribution in [3.05, 3.63) is 24.8 Å². The van der Waals surface area contributed by atoms with Crippen molar-refractivity contribution in [1.29, 1.82) is 0 Å². The number of nitrogens with zero attached hydrogens (tertiary/aromatic N) is 2. The van der Waals surface area contributed by atoms with E-state index in [1.165, 1.54) is 19.3 Å². The number of aromatic nitrogens is 2. The van der Waals surface area contributed by atoms with Gasteiger partial charge >= 0.3 is 0 Å². The van der Waals surface area contributed by atoms with E-state index >= 15 is 0 Å². The third kappa shape index (κ3) is 4.94. The maximum absolute atomic E-state index is 3.72. The van der Waals surface area contributed by atoms with Crippen molar-refractivity contribution in [1.82, 2.24) is 9.97 Å². The molecule has 0 spiro atoms. The maximum atomic E-state index is 3.72. The molecular formula is C7H10N2. The molecule has 0 aliphatic heterocycles. The average molecular weight is 122 g/mol. The van der Waals surface area contributed by atoms with E-state index in [2.05, 4.69) is 9.97 Å². The molecule has 1 aliphatic carbocycles. The summed E-state index contributed by atoms with van der Waals surface area (Å²) in [7, 11) is 0. The zero-order valence-corrected chi connectivity index (χ0v) is 5.33. The monoisotopic (exact) mass is 122 g/mol. The van der Waals surface area contributed by atoms with Gasteiger partial charge in [0.25, 0.3) is 0 Å². The highest BCUT2D eigenvalue weighted by atomic mass is 14.7. The zero-order valence-electron chi connectivity index (χ0n) is 5.33. The van der Waals surface area contributed by atoms with Crippen LogP contribution in [-0.4, -0.2) is 9.97 Å². The highest BCUT2D eigenvalue weighted by Gasteiger charge is 1.95. The minimum atomic E-state index is 1.50. The van der Waals surface area contributed by atoms with E-state index in [0.29, 0.717) is 0 Å². The van der Waals surface area contributed by atoms with Crippen LogP contribution in [0.25, 0.3) is 0 Å². The number of hydrogen-bond acceptors (Lipinski definition) is 2. The highest BCUT2D eigenvalue weighted by Crippen LogP contribution is 2.14. The molecule has 48 valence electrons. The quantitative estimate of drug-likeness (QED) is 0.523. The van der Waals surface area contributed by atoms with Crippen LogP contribution in [0.3, 0.4) is 0 Å². The summed E-state index contributed by atoms with van der Waals surface area (Å²) in [6.45, 7) is 0. The molecule has 1 aromatic rings. The van der Waals surface area contributed by atoms with Gasteiger partial charge in [-0.05, 0) is 0 Å². The van der Waals surface area contributed by atoms with Crippen molar-refractivity contribution >= 4 is 0 Å². The van der Waals surface area contributed by atoms with Gasteiger partial charge in [0.15, 0.2) is 0 Å². The Kier molecular flexibility index (Phi) is 2.76. The first-order valence-corrected chi connectivity index (χ1v) is 3.20. The second-order valence-corrected chi connectivity index (χ2v) is 1.96. The number of hydrogen-bond donors (Lipinski definition) is 0. The van der Waals surface area contributed by atoms with E-state index in [1.807, 2.05) is 0 Å². The van der Waals surface area contributed by atoms with Gasteiger partial charge in [0.05, 0.1) is 0 Å². The van der Waals surface area contributed by atoms with Gasteiger partial charge in [-0.3, -0.25) is 9.97 Å². The van der Waals surface area contributed by atoms with E-state index in [4.69, 9.17) is 0 Å². The van der Waals surface area contributed by atoms with Gasteiger partial charge in [0.1, 0.15) is 0 Å². The average Bonchev–Trinajstić information content (AvgIpc) is 2.76. The molecule has 1 aromatic heterocycles. The molecule has 2 rings (SSSR count). The predicted molar refractivity (Wildman–Crippen MR) is 35.9 cm³/mol. The molecule has 0 N–H and O–H groups in total. The van der Waals surface area contributed by atoms with Gasteiger partial charge in [-0.15, -0.1) is 0 Å². The van der Waals surface area contributed by atoms with E-state index in [0.717, 1.165) is 0 Å². The zero-order chi connectivity index (χ0) is 6.36. The van der Waals surface area contributed by atoms with Gasteiger partial charge in [0.2, 0.25) is 0 Å². The molecule has 1 aliphatic rings. The molecule has 0 radical (unpaired) electrons. The molecule has 1 saturated carbocycles. The Morgan fingerprint density at radius 2 is 1.00 bits per heavy atom. The van der Waals surface area contributed by atoms with Gasteiger partial charge in [-0.1, -0.05) is 19.3 Å². The lowest BCUT2D eigenvalue weighted by atomic mass is 10.8. The predicted octanol–water partition coefficient (Wildman–Crippen LogP) is 1.65. The molecule has 0 aromatic carbocycles. The first-order valence-electron chi connectivity index (χ1n) is 3.20. The second kappa shape index (κ2) is 4.01. The maximum Gasteiger partial charge on any atom is 0.0451 e. The standard InChI is InChI=1S/C4H4N2.C3H6/c1-2-6-4-3-5-1;1-2-3-1/h1-4H;1-3H2. The SMILES string of the molecule is C1CC1.c1cnccn1. The van der Waals surface area contributed by atoms with E-state index in [9.17, 15) is 0 Å². The first kappa shape index (κ1) is 6.20. The normalized spacial score (nSPS) is 13.3. The van der Waals surface area contributed by atoms with Crippen LogP contribution in [0, 0.1) is 0 Å². The minimum absolute atomic E-state index is 1.50. The molecule has 1 fully saturated rings. The Bertz CT molecular complexity index is 107. The Hall–Kier alpha value is -0.920. The van der Waals surface area contributed by atoms with Crippen LogP contribution in [0.15, 0.2) is 24.8 Å². The van der Waals surface area contributed by atoms with Crippen molar-refractivity contribution in [3.63, 3.8) is 0 Å². The van der Waals surface area contributed by atoms with Gasteiger partial charge in [0, 0.05) is 24.8 Å². The van der Waals surface area contributed by atoms with Crippen molar-refractivity contribution in [2.45, 2.75) is 19.3 Å². The topological polar surface area (TPSA) is 25.8 Å². The third-order valence-electron chi connectivity index (χ3n) is 0.831. The summed E-state index contributed by atoms with van der Waals surface area (Å²) in [5, 5.41) is 0. The Morgan fingerprint density at radius 3 is 1.11 bits per heavy atom. The molecule has 0 unspecified atom stereocenters. The molecule has 0 atom stereocenters. The van der Waals surface area contributed by atoms with E-state index in [-0.39, 0.29) is 0 Å². The molecule has 0 saturated heterocycles. The van der Waals surface area contributed by atoms with Crippen LogP contribution >= 0.6 is 0 Å². The Morgan fingerprint density at radius 1 is 0.667 bits per heavy atom. The van der Waals surface area contributed by atoms with Crippen molar-refractivity contribution in [3.8, 4) is 0 Å². The van der Waals surface area contributed by atoms with Crippen LogP contribution in [0.5, 0.6) is 0 Å². The fraction of sp³-hybridized carbons (Fsp3) is 0.429. The van der Waals surface area contributed by atoms with Crippen LogP contribution in [0.2, 0.25) is 0 Å². The summed E-state index contributed by atoms with van der Waals surface area (Å²) < 4.78 is 0. The van der Waals surface area contributed by atoms with Crippen LogP contribution in [0.1, 0.15) is 19.3 Å². The summed E-state index contributed by atoms with van der Waals surface area (Å²) in [6, 6.07) is 0. The van der Waals surface area contributed by atoms with E-state index < -0.39 is 0 Å². The molecule has 2 heteroatoms. The van der Waals surface area contributed by atoms with Crippen LogP contribution < -0.4 is 0 Å². The largest absolute Gasteiger partial charge is 0.262 e. The van der Waals surface area contributed by atoms with E-state index in [1.54, 1.807) is 24.8 Å². The lowest BCUT2D eigenvalue weighted by Gasteiger charge is -1.70. The fourth-order valence-corrected chi connectivity index (χ4v) is 0.253. The van der Waals surface area contributed by atoms with Gasteiger partial charge < -0.3 is 0 Å².